The fourth-order valence-electron chi connectivity index (χ4n) is 1.46. The molecule has 0 unspecified atom stereocenters. The van der Waals surface area contributed by atoms with Gasteiger partial charge in [0, 0.05) is 24.1 Å². The lowest BCUT2D eigenvalue weighted by Crippen LogP contribution is -1.93. The first-order valence-electron chi connectivity index (χ1n) is 5.24. The molecule has 2 heterocycles. The molecule has 0 aromatic carbocycles. The third-order valence-electron chi connectivity index (χ3n) is 2.52. The van der Waals surface area contributed by atoms with Crippen LogP contribution in [0.2, 0.25) is 0 Å². The maximum absolute atomic E-state index is 4.64. The Bertz CT molecular complexity index is 486. The van der Waals surface area contributed by atoms with Crippen LogP contribution >= 0.6 is 23.1 Å². The molecule has 1 fully saturated rings. The van der Waals surface area contributed by atoms with Crippen LogP contribution in [0.15, 0.2) is 16.9 Å². The van der Waals surface area contributed by atoms with Crippen LogP contribution in [0.1, 0.15) is 29.5 Å². The Balaban J connectivity index is 1.63. The van der Waals surface area contributed by atoms with Crippen molar-refractivity contribution in [1.29, 1.82) is 0 Å². The van der Waals surface area contributed by atoms with Crippen molar-refractivity contribution < 1.29 is 0 Å². The van der Waals surface area contributed by atoms with Crippen molar-refractivity contribution >= 4 is 23.1 Å². The summed E-state index contributed by atoms with van der Waals surface area (Å²) in [6, 6.07) is 0. The number of thioether (sulfide) groups is 1. The third-order valence-corrected chi connectivity index (χ3v) is 4.64. The smallest absolute Gasteiger partial charge is 0.186 e. The van der Waals surface area contributed by atoms with Crippen LogP contribution in [0, 0.1) is 0 Å². The maximum Gasteiger partial charge on any atom is 0.186 e. The van der Waals surface area contributed by atoms with E-state index in [2.05, 4.69) is 20.4 Å². The van der Waals surface area contributed by atoms with E-state index in [4.69, 9.17) is 0 Å². The van der Waals surface area contributed by atoms with E-state index in [9.17, 15) is 0 Å². The van der Waals surface area contributed by atoms with Crippen molar-refractivity contribution in [3.8, 4) is 0 Å². The molecule has 0 atom stereocenters. The standard InChI is InChI=1S/C10H12N4S2/c1-14-10(11-6-12-14)16-5-8-4-15-9(13-8)7-2-3-7/h4,6-7H,2-3,5H2,1H3. The van der Waals surface area contributed by atoms with E-state index in [1.165, 1.54) is 23.5 Å². The molecule has 6 heteroatoms. The number of aromatic nitrogens is 4. The Morgan fingerprint density at radius 1 is 1.56 bits per heavy atom. The number of rotatable bonds is 4. The SMILES string of the molecule is Cn1ncnc1SCc1csc(C2CC2)n1. The van der Waals surface area contributed by atoms with E-state index in [-0.39, 0.29) is 0 Å². The molecule has 16 heavy (non-hydrogen) atoms. The number of hydrogen-bond donors (Lipinski definition) is 0. The zero-order valence-corrected chi connectivity index (χ0v) is 10.6. The van der Waals surface area contributed by atoms with Gasteiger partial charge in [0.25, 0.3) is 0 Å². The van der Waals surface area contributed by atoms with Crippen LogP contribution in [0.3, 0.4) is 0 Å². The Kier molecular flexibility index (Phi) is 2.69. The molecule has 1 aliphatic rings. The second-order valence-corrected chi connectivity index (χ2v) is 5.74. The Labute approximate surface area is 102 Å². The lowest BCUT2D eigenvalue weighted by Gasteiger charge is -1.97. The lowest BCUT2D eigenvalue weighted by molar-refractivity contribution is 0.685. The molecule has 0 aliphatic heterocycles. The van der Waals surface area contributed by atoms with Crippen molar-refractivity contribution in [2.45, 2.75) is 29.7 Å². The topological polar surface area (TPSA) is 43.6 Å². The monoisotopic (exact) mass is 252 g/mol. The van der Waals surface area contributed by atoms with Gasteiger partial charge >= 0.3 is 0 Å². The van der Waals surface area contributed by atoms with E-state index in [1.807, 2.05) is 7.05 Å². The molecule has 0 N–H and O–H groups in total. The van der Waals surface area contributed by atoms with Gasteiger partial charge in [-0.05, 0) is 12.8 Å². The largest absolute Gasteiger partial charge is 0.245 e. The summed E-state index contributed by atoms with van der Waals surface area (Å²) in [5, 5.41) is 8.46. The van der Waals surface area contributed by atoms with Crippen LogP contribution < -0.4 is 0 Å². The highest BCUT2D eigenvalue weighted by molar-refractivity contribution is 7.98. The molecule has 0 radical (unpaired) electrons. The molecule has 84 valence electrons. The minimum atomic E-state index is 0.763. The molecule has 0 spiro atoms. The van der Waals surface area contributed by atoms with Gasteiger partial charge in [0.2, 0.25) is 0 Å². The number of nitrogens with zero attached hydrogens (tertiary/aromatic N) is 4. The van der Waals surface area contributed by atoms with Crippen LogP contribution in [-0.4, -0.2) is 19.7 Å². The van der Waals surface area contributed by atoms with Gasteiger partial charge in [0.1, 0.15) is 6.33 Å². The minimum absolute atomic E-state index is 0.763. The highest BCUT2D eigenvalue weighted by Crippen LogP contribution is 2.41. The summed E-state index contributed by atoms with van der Waals surface area (Å²) in [7, 11) is 1.91. The zero-order valence-electron chi connectivity index (χ0n) is 8.96. The zero-order chi connectivity index (χ0) is 11.0. The summed E-state index contributed by atoms with van der Waals surface area (Å²) >= 11 is 3.48. The number of aryl methyl sites for hydroxylation is 1. The fourth-order valence-corrected chi connectivity index (χ4v) is 3.34. The predicted octanol–water partition coefficient (Wildman–Crippen LogP) is 2.44. The van der Waals surface area contributed by atoms with Gasteiger partial charge in [-0.15, -0.1) is 11.3 Å². The van der Waals surface area contributed by atoms with E-state index >= 15 is 0 Å². The average Bonchev–Trinajstić information content (AvgIpc) is 2.89. The fraction of sp³-hybridized carbons (Fsp3) is 0.500. The normalized spacial score (nSPS) is 15.6. The van der Waals surface area contributed by atoms with Crippen molar-refractivity contribution in [2.75, 3.05) is 0 Å². The summed E-state index contributed by atoms with van der Waals surface area (Å²) in [6.07, 6.45) is 4.23. The highest BCUT2D eigenvalue weighted by atomic mass is 32.2. The molecule has 3 rings (SSSR count). The molecular weight excluding hydrogens is 240 g/mol. The van der Waals surface area contributed by atoms with Crippen molar-refractivity contribution in [3.63, 3.8) is 0 Å². The molecule has 4 nitrogen and oxygen atoms in total. The van der Waals surface area contributed by atoms with Crippen LogP contribution in [-0.2, 0) is 12.8 Å². The second kappa shape index (κ2) is 4.18. The molecule has 0 saturated heterocycles. The molecule has 1 saturated carbocycles. The van der Waals surface area contributed by atoms with Crippen LogP contribution in [0.5, 0.6) is 0 Å². The lowest BCUT2D eigenvalue weighted by atomic mass is 10.4. The summed E-state index contributed by atoms with van der Waals surface area (Å²) in [5.74, 6) is 1.65. The molecule has 1 aliphatic carbocycles. The summed E-state index contributed by atoms with van der Waals surface area (Å²) in [5.41, 5.74) is 1.17. The molecular formula is C10H12N4S2. The van der Waals surface area contributed by atoms with Crippen molar-refractivity contribution in [3.05, 3.63) is 22.4 Å². The third kappa shape index (κ3) is 2.12. The quantitative estimate of drug-likeness (QED) is 0.784. The van der Waals surface area contributed by atoms with Gasteiger partial charge in [-0.2, -0.15) is 5.10 Å². The minimum Gasteiger partial charge on any atom is -0.245 e. The summed E-state index contributed by atoms with van der Waals surface area (Å²) in [6.45, 7) is 0. The van der Waals surface area contributed by atoms with Gasteiger partial charge < -0.3 is 0 Å². The maximum atomic E-state index is 4.64. The van der Waals surface area contributed by atoms with Crippen LogP contribution in [0.4, 0.5) is 0 Å². The van der Waals surface area contributed by atoms with Gasteiger partial charge in [-0.25, -0.2) is 14.6 Å². The first-order chi connectivity index (χ1) is 7.83. The predicted molar refractivity (Wildman–Crippen MR) is 64.7 cm³/mol. The van der Waals surface area contributed by atoms with Crippen LogP contribution in [0.25, 0.3) is 0 Å². The second-order valence-electron chi connectivity index (χ2n) is 3.91. The van der Waals surface area contributed by atoms with Gasteiger partial charge in [0.15, 0.2) is 5.16 Å². The highest BCUT2D eigenvalue weighted by Gasteiger charge is 2.26. The first-order valence-corrected chi connectivity index (χ1v) is 7.10. The summed E-state index contributed by atoms with van der Waals surface area (Å²) < 4.78 is 1.79. The van der Waals surface area contributed by atoms with E-state index in [0.29, 0.717) is 0 Å². The number of thiazole rings is 1. The molecule has 2 aromatic heterocycles. The summed E-state index contributed by atoms with van der Waals surface area (Å²) in [4.78, 5) is 8.82. The van der Waals surface area contributed by atoms with Gasteiger partial charge in [-0.1, -0.05) is 11.8 Å². The van der Waals surface area contributed by atoms with Crippen molar-refractivity contribution in [1.82, 2.24) is 19.7 Å². The van der Waals surface area contributed by atoms with Crippen molar-refractivity contribution in [2.24, 2.45) is 7.05 Å². The van der Waals surface area contributed by atoms with Gasteiger partial charge in [0.05, 0.1) is 10.7 Å². The average molecular weight is 252 g/mol. The molecule has 0 amide bonds. The Morgan fingerprint density at radius 3 is 3.12 bits per heavy atom. The first kappa shape index (κ1) is 10.3. The van der Waals surface area contributed by atoms with Gasteiger partial charge in [-0.3, -0.25) is 0 Å². The number of hydrogen-bond acceptors (Lipinski definition) is 5. The van der Waals surface area contributed by atoms with E-state index in [1.54, 1.807) is 34.1 Å². The Hall–Kier alpha value is -0.880. The Morgan fingerprint density at radius 2 is 2.44 bits per heavy atom. The molecule has 2 aromatic rings. The van der Waals surface area contributed by atoms with E-state index in [0.717, 1.165) is 16.8 Å². The molecule has 0 bridgehead atoms. The van der Waals surface area contributed by atoms with E-state index < -0.39 is 0 Å².